The second-order valence-corrected chi connectivity index (χ2v) is 6.09. The van der Waals surface area contributed by atoms with Crippen LogP contribution in [0.4, 0.5) is 5.69 Å². The van der Waals surface area contributed by atoms with Gasteiger partial charge in [-0.2, -0.15) is 0 Å². The summed E-state index contributed by atoms with van der Waals surface area (Å²) in [6, 6.07) is 15.8. The van der Waals surface area contributed by atoms with Crippen LogP contribution in [-0.4, -0.2) is 16.5 Å². The van der Waals surface area contributed by atoms with E-state index in [1.807, 2.05) is 36.4 Å². The van der Waals surface area contributed by atoms with E-state index in [4.69, 9.17) is 15.5 Å². The molecule has 0 fully saturated rings. The molecule has 0 atom stereocenters. The minimum absolute atomic E-state index is 0.758. The predicted molar refractivity (Wildman–Crippen MR) is 94.9 cm³/mol. The van der Waals surface area contributed by atoms with Crippen LogP contribution in [0.5, 0.6) is 5.75 Å². The number of anilines is 1. The van der Waals surface area contributed by atoms with Crippen LogP contribution >= 0.6 is 11.3 Å². The van der Waals surface area contributed by atoms with Crippen molar-refractivity contribution in [1.82, 2.24) is 9.38 Å². The van der Waals surface area contributed by atoms with Crippen molar-refractivity contribution in [2.45, 2.75) is 0 Å². The van der Waals surface area contributed by atoms with Crippen LogP contribution < -0.4 is 10.5 Å². The Hall–Kier alpha value is -2.79. The number of nitrogen functional groups attached to an aromatic ring is 1. The Kier molecular flexibility index (Phi) is 3.28. The van der Waals surface area contributed by atoms with Gasteiger partial charge in [-0.25, -0.2) is 4.98 Å². The highest BCUT2D eigenvalue weighted by atomic mass is 32.1. The Balaban J connectivity index is 1.78. The molecule has 2 aromatic heterocycles. The molecule has 0 aliphatic rings. The molecule has 114 valence electrons. The topological polar surface area (TPSA) is 52.5 Å². The van der Waals surface area contributed by atoms with Crippen molar-refractivity contribution < 1.29 is 4.74 Å². The molecule has 0 saturated carbocycles. The van der Waals surface area contributed by atoms with Gasteiger partial charge in [0.25, 0.3) is 0 Å². The number of imidazole rings is 1. The molecule has 2 heterocycles. The summed E-state index contributed by atoms with van der Waals surface area (Å²) >= 11 is 1.63. The van der Waals surface area contributed by atoms with Crippen molar-refractivity contribution >= 4 is 22.0 Å². The monoisotopic (exact) mass is 321 g/mol. The van der Waals surface area contributed by atoms with Gasteiger partial charge in [-0.05, 0) is 42.0 Å². The third kappa shape index (κ3) is 2.45. The van der Waals surface area contributed by atoms with Gasteiger partial charge < -0.3 is 10.5 Å². The van der Waals surface area contributed by atoms with Crippen molar-refractivity contribution in [3.8, 4) is 28.3 Å². The van der Waals surface area contributed by atoms with Crippen molar-refractivity contribution in [1.29, 1.82) is 0 Å². The molecular weight excluding hydrogens is 306 g/mol. The van der Waals surface area contributed by atoms with E-state index >= 15 is 0 Å². The van der Waals surface area contributed by atoms with E-state index in [9.17, 15) is 0 Å². The zero-order chi connectivity index (χ0) is 15.8. The van der Waals surface area contributed by atoms with Gasteiger partial charge in [0.15, 0.2) is 4.96 Å². The highest BCUT2D eigenvalue weighted by Gasteiger charge is 2.11. The number of ether oxygens (including phenoxy) is 1. The maximum absolute atomic E-state index is 5.75. The molecule has 23 heavy (non-hydrogen) atoms. The fourth-order valence-electron chi connectivity index (χ4n) is 2.55. The van der Waals surface area contributed by atoms with Gasteiger partial charge in [0.05, 0.1) is 18.5 Å². The molecule has 4 nitrogen and oxygen atoms in total. The molecule has 0 bridgehead atoms. The average molecular weight is 321 g/mol. The zero-order valence-electron chi connectivity index (χ0n) is 12.6. The molecule has 0 amide bonds. The maximum atomic E-state index is 5.75. The average Bonchev–Trinajstić information content (AvgIpc) is 3.16. The predicted octanol–water partition coefficient (Wildman–Crippen LogP) is 4.32. The van der Waals surface area contributed by atoms with Crippen LogP contribution in [0.1, 0.15) is 0 Å². The van der Waals surface area contributed by atoms with Gasteiger partial charge in [-0.1, -0.05) is 12.1 Å². The number of nitrogens with two attached hydrogens (primary N) is 1. The minimum Gasteiger partial charge on any atom is -0.497 e. The smallest absolute Gasteiger partial charge is 0.194 e. The second-order valence-electron chi connectivity index (χ2n) is 5.25. The number of fused-ring (bicyclic) bond motifs is 1. The lowest BCUT2D eigenvalue weighted by molar-refractivity contribution is 0.415. The SMILES string of the molecule is COc1ccc(-c2csc3nc(-c4ccc(N)cc4)cn23)cc1. The molecule has 0 unspecified atom stereocenters. The van der Waals surface area contributed by atoms with Gasteiger partial charge in [-0.3, -0.25) is 4.40 Å². The van der Waals surface area contributed by atoms with Gasteiger partial charge >= 0.3 is 0 Å². The number of rotatable bonds is 3. The lowest BCUT2D eigenvalue weighted by Crippen LogP contribution is -1.86. The summed E-state index contributed by atoms with van der Waals surface area (Å²) in [4.78, 5) is 5.68. The number of hydrogen-bond donors (Lipinski definition) is 1. The third-order valence-electron chi connectivity index (χ3n) is 3.80. The van der Waals surface area contributed by atoms with Gasteiger partial charge in [0.1, 0.15) is 5.75 Å². The first kappa shape index (κ1) is 13.8. The first-order valence-electron chi connectivity index (χ1n) is 7.21. The molecular formula is C18H15N3OS. The summed E-state index contributed by atoms with van der Waals surface area (Å²) in [6.07, 6.45) is 2.07. The van der Waals surface area contributed by atoms with E-state index in [0.29, 0.717) is 0 Å². The number of nitrogens with zero attached hydrogens (tertiary/aromatic N) is 2. The van der Waals surface area contributed by atoms with Gasteiger partial charge in [0.2, 0.25) is 0 Å². The lowest BCUT2D eigenvalue weighted by atomic mass is 10.1. The number of benzene rings is 2. The van der Waals surface area contributed by atoms with Gasteiger partial charge in [-0.15, -0.1) is 11.3 Å². The summed E-state index contributed by atoms with van der Waals surface area (Å²) in [5, 5.41) is 2.12. The second kappa shape index (κ2) is 5.44. The number of thiazole rings is 1. The minimum atomic E-state index is 0.758. The molecule has 4 rings (SSSR count). The van der Waals surface area contributed by atoms with E-state index in [2.05, 4.69) is 28.1 Å². The standard InChI is InChI=1S/C18H15N3OS/c1-22-15-8-4-13(5-9-15)17-11-23-18-20-16(10-21(17)18)12-2-6-14(19)7-3-12/h2-11H,19H2,1H3. The molecule has 0 saturated heterocycles. The van der Waals surface area contributed by atoms with E-state index in [-0.39, 0.29) is 0 Å². The molecule has 0 radical (unpaired) electrons. The largest absolute Gasteiger partial charge is 0.497 e. The van der Waals surface area contributed by atoms with Crippen molar-refractivity contribution in [3.05, 3.63) is 60.1 Å². The lowest BCUT2D eigenvalue weighted by Gasteiger charge is -2.02. The molecule has 2 N–H and O–H groups in total. The maximum Gasteiger partial charge on any atom is 0.194 e. The Labute approximate surface area is 137 Å². The van der Waals surface area contributed by atoms with E-state index in [1.165, 1.54) is 0 Å². The molecule has 2 aromatic carbocycles. The molecule has 5 heteroatoms. The molecule has 0 spiro atoms. The molecule has 0 aliphatic heterocycles. The van der Waals surface area contributed by atoms with Crippen LogP contribution in [0.15, 0.2) is 60.1 Å². The highest BCUT2D eigenvalue weighted by Crippen LogP contribution is 2.30. The highest BCUT2D eigenvalue weighted by molar-refractivity contribution is 7.15. The summed E-state index contributed by atoms with van der Waals surface area (Å²) in [5.74, 6) is 0.855. The van der Waals surface area contributed by atoms with Gasteiger partial charge in [0, 0.05) is 22.8 Å². The van der Waals surface area contributed by atoms with Crippen LogP contribution in [-0.2, 0) is 0 Å². The molecule has 4 aromatic rings. The van der Waals surface area contributed by atoms with Crippen molar-refractivity contribution in [3.63, 3.8) is 0 Å². The number of hydrogen-bond acceptors (Lipinski definition) is 4. The van der Waals surface area contributed by atoms with Crippen molar-refractivity contribution in [2.24, 2.45) is 0 Å². The van der Waals surface area contributed by atoms with Crippen LogP contribution in [0.2, 0.25) is 0 Å². The first-order chi connectivity index (χ1) is 11.2. The summed E-state index contributed by atoms with van der Waals surface area (Å²) in [7, 11) is 1.67. The summed E-state index contributed by atoms with van der Waals surface area (Å²) < 4.78 is 7.34. The molecule has 0 aliphatic carbocycles. The quantitative estimate of drug-likeness (QED) is 0.572. The first-order valence-corrected chi connectivity index (χ1v) is 8.09. The van der Waals surface area contributed by atoms with Crippen molar-refractivity contribution in [2.75, 3.05) is 12.8 Å². The Morgan fingerprint density at radius 3 is 2.39 bits per heavy atom. The zero-order valence-corrected chi connectivity index (χ0v) is 13.4. The summed E-state index contributed by atoms with van der Waals surface area (Å²) in [5.41, 5.74) is 10.8. The van der Waals surface area contributed by atoms with E-state index in [1.54, 1.807) is 18.4 Å². The Morgan fingerprint density at radius 1 is 1.00 bits per heavy atom. The number of aromatic nitrogens is 2. The fraction of sp³-hybridized carbons (Fsp3) is 0.0556. The van der Waals surface area contributed by atoms with Crippen LogP contribution in [0.3, 0.4) is 0 Å². The van der Waals surface area contributed by atoms with Crippen LogP contribution in [0, 0.1) is 0 Å². The summed E-state index contributed by atoms with van der Waals surface area (Å²) in [6.45, 7) is 0. The third-order valence-corrected chi connectivity index (χ3v) is 4.64. The Morgan fingerprint density at radius 2 is 1.70 bits per heavy atom. The van der Waals surface area contributed by atoms with Crippen LogP contribution in [0.25, 0.3) is 27.5 Å². The Bertz CT molecular complexity index is 952. The van der Waals surface area contributed by atoms with E-state index < -0.39 is 0 Å². The number of methoxy groups -OCH3 is 1. The fourth-order valence-corrected chi connectivity index (χ4v) is 3.43. The van der Waals surface area contributed by atoms with E-state index in [0.717, 1.165) is 38.9 Å². The normalized spacial score (nSPS) is 11.0.